The van der Waals surface area contributed by atoms with Crippen LogP contribution in [-0.2, 0) is 6.42 Å². The average Bonchev–Trinajstić information content (AvgIpc) is 2.19. The molecule has 0 saturated carbocycles. The first-order chi connectivity index (χ1) is 6.33. The third-order valence-corrected chi connectivity index (χ3v) is 3.49. The van der Waals surface area contributed by atoms with E-state index in [2.05, 4.69) is 43.3 Å². The van der Waals surface area contributed by atoms with Gasteiger partial charge in [0.2, 0.25) is 0 Å². The van der Waals surface area contributed by atoms with E-state index in [1.165, 1.54) is 20.7 Å². The molecule has 1 unspecified atom stereocenters. The molecule has 2 aromatic rings. The van der Waals surface area contributed by atoms with Crippen LogP contribution < -0.4 is 4.35 Å². The van der Waals surface area contributed by atoms with E-state index in [0.717, 1.165) is 6.42 Å². The molecule has 0 bridgehead atoms. The van der Waals surface area contributed by atoms with Crippen LogP contribution in [0.3, 0.4) is 0 Å². The molecule has 2 rings (SSSR count). The Balaban J connectivity index is 2.84. The predicted octanol–water partition coefficient (Wildman–Crippen LogP) is 1.66. The molecule has 13 heavy (non-hydrogen) atoms. The van der Waals surface area contributed by atoms with E-state index >= 15 is 0 Å². The van der Waals surface area contributed by atoms with Crippen LogP contribution >= 0.6 is 0 Å². The molecule has 0 aliphatic heterocycles. The summed E-state index contributed by atoms with van der Waals surface area (Å²) in [7, 11) is 0. The average molecular weight is 232 g/mol. The summed E-state index contributed by atoms with van der Waals surface area (Å²) >= 11 is 1.70. The van der Waals surface area contributed by atoms with E-state index < -0.39 is 0 Å². The molecule has 0 N–H and O–H groups in total. The van der Waals surface area contributed by atoms with Gasteiger partial charge >= 0.3 is 87.3 Å². The molecular weight excluding hydrogens is 219 g/mol. The maximum atomic E-state index is 2.25. The van der Waals surface area contributed by atoms with Crippen molar-refractivity contribution in [1.82, 2.24) is 0 Å². The van der Waals surface area contributed by atoms with Gasteiger partial charge in [0, 0.05) is 0 Å². The summed E-state index contributed by atoms with van der Waals surface area (Å²) in [6.07, 6.45) is 1.12. The van der Waals surface area contributed by atoms with Gasteiger partial charge in [-0.3, -0.25) is 0 Å². The monoisotopic (exact) mass is 232 g/mol. The van der Waals surface area contributed by atoms with Crippen molar-refractivity contribution < 1.29 is 0 Å². The zero-order valence-electron chi connectivity index (χ0n) is 7.75. The zero-order valence-corrected chi connectivity index (χ0v) is 10.2. The SMILES string of the molecule is CCc1ccc([AsH2])c2ccccc12. The molecule has 1 atom stereocenters. The van der Waals surface area contributed by atoms with Crippen LogP contribution in [0.2, 0.25) is 0 Å². The summed E-state index contributed by atoms with van der Waals surface area (Å²) in [5.41, 5.74) is 1.46. The predicted molar refractivity (Wildman–Crippen MR) is 61.5 cm³/mol. The van der Waals surface area contributed by atoms with Crippen molar-refractivity contribution in [1.29, 1.82) is 0 Å². The van der Waals surface area contributed by atoms with Crippen LogP contribution in [0.1, 0.15) is 12.5 Å². The molecule has 0 amide bonds. The molecule has 0 aliphatic rings. The van der Waals surface area contributed by atoms with Crippen LogP contribution in [0, 0.1) is 0 Å². The Hall–Kier alpha value is -0.742. The van der Waals surface area contributed by atoms with E-state index in [0.29, 0.717) is 0 Å². The van der Waals surface area contributed by atoms with E-state index in [1.807, 2.05) is 0 Å². The summed E-state index contributed by atoms with van der Waals surface area (Å²) in [4.78, 5) is 0. The van der Waals surface area contributed by atoms with Gasteiger partial charge in [-0.1, -0.05) is 0 Å². The maximum absolute atomic E-state index is 2.25. The number of aryl methyl sites for hydroxylation is 1. The molecule has 0 nitrogen and oxygen atoms in total. The summed E-state index contributed by atoms with van der Waals surface area (Å²) in [6.45, 7) is 2.21. The second kappa shape index (κ2) is 3.55. The van der Waals surface area contributed by atoms with E-state index in [1.54, 1.807) is 16.9 Å². The molecule has 0 aromatic heterocycles. The van der Waals surface area contributed by atoms with Crippen molar-refractivity contribution in [3.8, 4) is 0 Å². The molecule has 0 fully saturated rings. The van der Waals surface area contributed by atoms with Gasteiger partial charge in [0.1, 0.15) is 0 Å². The molecule has 2 aromatic carbocycles. The summed E-state index contributed by atoms with van der Waals surface area (Å²) < 4.78 is 1.43. The fraction of sp³-hybridized carbons (Fsp3) is 0.167. The Morgan fingerprint density at radius 1 is 1.00 bits per heavy atom. The van der Waals surface area contributed by atoms with Crippen molar-refractivity contribution in [2.24, 2.45) is 0 Å². The van der Waals surface area contributed by atoms with E-state index in [4.69, 9.17) is 0 Å². The van der Waals surface area contributed by atoms with Gasteiger partial charge in [-0.2, -0.15) is 0 Å². The summed E-state index contributed by atoms with van der Waals surface area (Å²) in [5.74, 6) is 0. The van der Waals surface area contributed by atoms with Crippen LogP contribution in [0.15, 0.2) is 36.4 Å². The number of rotatable bonds is 1. The standard InChI is InChI=1S/C12H13As/c1-2-9-7-8-12(13)11-6-4-3-5-10(9)11/h3-8H,2,13H2,1H3. The first kappa shape index (κ1) is 8.84. The van der Waals surface area contributed by atoms with Crippen molar-refractivity contribution in [2.75, 3.05) is 0 Å². The first-order valence-electron chi connectivity index (χ1n) is 4.59. The van der Waals surface area contributed by atoms with Gasteiger partial charge in [0.05, 0.1) is 0 Å². The third kappa shape index (κ3) is 1.51. The van der Waals surface area contributed by atoms with Gasteiger partial charge < -0.3 is 0 Å². The molecule has 0 saturated heterocycles. The van der Waals surface area contributed by atoms with Gasteiger partial charge in [0.15, 0.2) is 0 Å². The molecular formula is C12H13As. The number of benzene rings is 2. The number of hydrogen-bond donors (Lipinski definition) is 0. The minimum atomic E-state index is 1.12. The van der Waals surface area contributed by atoms with Crippen LogP contribution in [0.4, 0.5) is 0 Å². The van der Waals surface area contributed by atoms with Crippen LogP contribution in [0.25, 0.3) is 10.8 Å². The molecule has 0 heterocycles. The van der Waals surface area contributed by atoms with E-state index in [9.17, 15) is 0 Å². The number of fused-ring (bicyclic) bond motifs is 1. The second-order valence-corrected chi connectivity index (χ2v) is 4.52. The van der Waals surface area contributed by atoms with Crippen molar-refractivity contribution in [3.63, 3.8) is 0 Å². The molecule has 1 heteroatoms. The Morgan fingerprint density at radius 3 is 2.38 bits per heavy atom. The van der Waals surface area contributed by atoms with Gasteiger partial charge in [-0.05, 0) is 0 Å². The minimum absolute atomic E-state index is 1.12. The molecule has 0 spiro atoms. The first-order valence-corrected chi connectivity index (χ1v) is 5.80. The van der Waals surface area contributed by atoms with Gasteiger partial charge in [-0.25, -0.2) is 0 Å². The van der Waals surface area contributed by atoms with Gasteiger partial charge in [-0.15, -0.1) is 0 Å². The molecule has 66 valence electrons. The van der Waals surface area contributed by atoms with Crippen molar-refractivity contribution >= 4 is 32.0 Å². The quantitative estimate of drug-likeness (QED) is 0.656. The molecule has 0 radical (unpaired) electrons. The van der Waals surface area contributed by atoms with Crippen LogP contribution in [0.5, 0.6) is 0 Å². The van der Waals surface area contributed by atoms with Crippen molar-refractivity contribution in [3.05, 3.63) is 42.0 Å². The Labute approximate surface area is 87.5 Å². The zero-order chi connectivity index (χ0) is 9.26. The Bertz CT molecular complexity index is 432. The fourth-order valence-electron chi connectivity index (χ4n) is 1.69. The van der Waals surface area contributed by atoms with Crippen LogP contribution in [-0.4, -0.2) is 16.9 Å². The summed E-state index contributed by atoms with van der Waals surface area (Å²) in [5, 5.41) is 2.84. The van der Waals surface area contributed by atoms with Gasteiger partial charge in [0.25, 0.3) is 0 Å². The Morgan fingerprint density at radius 2 is 1.69 bits per heavy atom. The number of hydrogen-bond acceptors (Lipinski definition) is 0. The fourth-order valence-corrected chi connectivity index (χ4v) is 2.42. The summed E-state index contributed by atoms with van der Waals surface area (Å²) in [6, 6.07) is 13.2. The van der Waals surface area contributed by atoms with E-state index in [-0.39, 0.29) is 0 Å². The van der Waals surface area contributed by atoms with Crippen molar-refractivity contribution in [2.45, 2.75) is 13.3 Å². The molecule has 0 aliphatic carbocycles. The Kier molecular flexibility index (Phi) is 2.42. The topological polar surface area (TPSA) is 0 Å². The third-order valence-electron chi connectivity index (χ3n) is 2.43. The second-order valence-electron chi connectivity index (χ2n) is 3.21. The normalized spacial score (nSPS) is 10.6.